The second-order valence-corrected chi connectivity index (χ2v) is 6.47. The normalized spacial score (nSPS) is 15.3. The van der Waals surface area contributed by atoms with Crippen LogP contribution in [0, 0.1) is 6.92 Å². The lowest BCUT2D eigenvalue weighted by Gasteiger charge is -2.06. The van der Waals surface area contributed by atoms with Crippen LogP contribution in [-0.2, 0) is 10.0 Å². The molecule has 1 aliphatic carbocycles. The molecule has 0 saturated carbocycles. The summed E-state index contributed by atoms with van der Waals surface area (Å²) in [7, 11) is -3.73. The fraction of sp³-hybridized carbons (Fsp3) is 0.462. The summed E-state index contributed by atoms with van der Waals surface area (Å²) in [6, 6.07) is 1.04. The molecule has 0 fully saturated rings. The van der Waals surface area contributed by atoms with Gasteiger partial charge in [-0.1, -0.05) is 11.6 Å². The summed E-state index contributed by atoms with van der Waals surface area (Å²) >= 11 is 0. The number of hydrogen-bond acceptors (Lipinski definition) is 4. The molecule has 0 unspecified atom stereocenters. The number of rotatable bonds is 6. The lowest BCUT2D eigenvalue weighted by molar-refractivity contribution is 0.0661. The second kappa shape index (κ2) is 5.80. The van der Waals surface area contributed by atoms with Crippen molar-refractivity contribution in [3.63, 3.8) is 0 Å². The van der Waals surface area contributed by atoms with Crippen LogP contribution in [0.15, 0.2) is 27.0 Å². The van der Waals surface area contributed by atoms with E-state index in [9.17, 15) is 13.2 Å². The molecule has 0 atom stereocenters. The van der Waals surface area contributed by atoms with Gasteiger partial charge in [-0.25, -0.2) is 17.9 Å². The molecular formula is C13H17NO5S. The van der Waals surface area contributed by atoms with Crippen molar-refractivity contribution in [2.45, 2.75) is 37.5 Å². The van der Waals surface area contributed by atoms with Crippen molar-refractivity contribution < 1.29 is 22.7 Å². The van der Waals surface area contributed by atoms with Crippen molar-refractivity contribution in [1.29, 1.82) is 0 Å². The van der Waals surface area contributed by atoms with Crippen molar-refractivity contribution in [2.75, 3.05) is 6.54 Å². The van der Waals surface area contributed by atoms with Crippen LogP contribution in [-0.4, -0.2) is 26.0 Å². The number of sulfonamides is 1. The van der Waals surface area contributed by atoms with Gasteiger partial charge in [0, 0.05) is 12.6 Å². The SMILES string of the molecule is Cc1oc(C(=O)O)cc1S(=O)(=O)NCCC1=CCCC1. The van der Waals surface area contributed by atoms with Crippen LogP contribution in [0.3, 0.4) is 0 Å². The average molecular weight is 299 g/mol. The predicted octanol–water partition coefficient (Wildman–Crippen LogP) is 2.06. The lowest BCUT2D eigenvalue weighted by Crippen LogP contribution is -2.25. The van der Waals surface area contributed by atoms with Gasteiger partial charge in [0.15, 0.2) is 0 Å². The summed E-state index contributed by atoms with van der Waals surface area (Å²) in [6.45, 7) is 1.74. The Morgan fingerprint density at radius 3 is 2.80 bits per heavy atom. The number of furan rings is 1. The van der Waals surface area contributed by atoms with Crippen molar-refractivity contribution in [2.24, 2.45) is 0 Å². The van der Waals surface area contributed by atoms with Gasteiger partial charge in [0.2, 0.25) is 15.8 Å². The van der Waals surface area contributed by atoms with E-state index in [0.717, 1.165) is 25.3 Å². The van der Waals surface area contributed by atoms with E-state index in [4.69, 9.17) is 9.52 Å². The number of aromatic carboxylic acids is 1. The summed E-state index contributed by atoms with van der Waals surface area (Å²) in [5.41, 5.74) is 1.27. The molecule has 20 heavy (non-hydrogen) atoms. The van der Waals surface area contributed by atoms with Crippen molar-refractivity contribution >= 4 is 16.0 Å². The van der Waals surface area contributed by atoms with E-state index in [1.807, 2.05) is 0 Å². The number of hydrogen-bond donors (Lipinski definition) is 2. The topological polar surface area (TPSA) is 96.6 Å². The van der Waals surface area contributed by atoms with Crippen molar-refractivity contribution in [1.82, 2.24) is 4.72 Å². The molecule has 0 amide bonds. The average Bonchev–Trinajstić information content (AvgIpc) is 2.98. The minimum atomic E-state index is -3.73. The fourth-order valence-corrected chi connectivity index (χ4v) is 3.43. The zero-order valence-electron chi connectivity index (χ0n) is 11.2. The molecule has 0 saturated heterocycles. The van der Waals surface area contributed by atoms with Gasteiger partial charge in [-0.15, -0.1) is 0 Å². The van der Waals surface area contributed by atoms with Gasteiger partial charge in [0.1, 0.15) is 10.7 Å². The Bertz CT molecular complexity index is 642. The monoisotopic (exact) mass is 299 g/mol. The molecule has 0 aromatic carbocycles. The third-order valence-electron chi connectivity index (χ3n) is 3.25. The maximum absolute atomic E-state index is 12.1. The van der Waals surface area contributed by atoms with Crippen LogP contribution in [0.25, 0.3) is 0 Å². The molecule has 1 heterocycles. The molecule has 1 aromatic heterocycles. The number of carboxylic acid groups (broad SMARTS) is 1. The first kappa shape index (κ1) is 14.8. The lowest BCUT2D eigenvalue weighted by atomic mass is 10.2. The van der Waals surface area contributed by atoms with E-state index in [-0.39, 0.29) is 16.4 Å². The smallest absolute Gasteiger partial charge is 0.371 e. The highest BCUT2D eigenvalue weighted by atomic mass is 32.2. The summed E-state index contributed by atoms with van der Waals surface area (Å²) in [6.07, 6.45) is 6.03. The standard InChI is InChI=1S/C13H17NO5S/c1-9-12(8-11(19-9)13(15)16)20(17,18)14-7-6-10-4-2-3-5-10/h4,8,14H,2-3,5-7H2,1H3,(H,15,16). The van der Waals surface area contributed by atoms with Gasteiger partial charge < -0.3 is 9.52 Å². The Labute approximate surface area is 117 Å². The largest absolute Gasteiger partial charge is 0.475 e. The van der Waals surface area contributed by atoms with Crippen LogP contribution in [0.5, 0.6) is 0 Å². The summed E-state index contributed by atoms with van der Waals surface area (Å²) in [5, 5.41) is 8.79. The van der Waals surface area contributed by atoms with Gasteiger partial charge in [-0.3, -0.25) is 0 Å². The predicted molar refractivity (Wildman–Crippen MR) is 72.1 cm³/mol. The Kier molecular flexibility index (Phi) is 4.29. The van der Waals surface area contributed by atoms with Crippen molar-refractivity contribution in [3.8, 4) is 0 Å². The van der Waals surface area contributed by atoms with Gasteiger partial charge in [0.25, 0.3) is 0 Å². The Morgan fingerprint density at radius 1 is 1.50 bits per heavy atom. The van der Waals surface area contributed by atoms with E-state index >= 15 is 0 Å². The van der Waals surface area contributed by atoms with Crippen molar-refractivity contribution in [3.05, 3.63) is 29.2 Å². The van der Waals surface area contributed by atoms with Crippen LogP contribution in [0.4, 0.5) is 0 Å². The first-order chi connectivity index (χ1) is 9.40. The van der Waals surface area contributed by atoms with Gasteiger partial charge in [0.05, 0.1) is 0 Å². The Morgan fingerprint density at radius 2 is 2.25 bits per heavy atom. The molecule has 0 radical (unpaired) electrons. The van der Waals surface area contributed by atoms with Crippen LogP contribution in [0.1, 0.15) is 42.0 Å². The van der Waals surface area contributed by atoms with E-state index in [0.29, 0.717) is 13.0 Å². The number of allylic oxidation sites excluding steroid dienone is 1. The minimum absolute atomic E-state index is 0.0787. The van der Waals surface area contributed by atoms with Crippen LogP contribution >= 0.6 is 0 Å². The van der Waals surface area contributed by atoms with Crippen LogP contribution in [0.2, 0.25) is 0 Å². The maximum atomic E-state index is 12.1. The highest BCUT2D eigenvalue weighted by molar-refractivity contribution is 7.89. The maximum Gasteiger partial charge on any atom is 0.371 e. The molecule has 0 aliphatic heterocycles. The van der Waals surface area contributed by atoms with E-state index < -0.39 is 16.0 Å². The quantitative estimate of drug-likeness (QED) is 0.784. The van der Waals surface area contributed by atoms with Gasteiger partial charge in [-0.2, -0.15) is 0 Å². The number of aryl methyl sites for hydroxylation is 1. The van der Waals surface area contributed by atoms with E-state index in [1.54, 1.807) is 0 Å². The Balaban J connectivity index is 2.04. The first-order valence-electron chi connectivity index (χ1n) is 6.41. The molecule has 0 bridgehead atoms. The summed E-state index contributed by atoms with van der Waals surface area (Å²) in [4.78, 5) is 10.6. The third-order valence-corrected chi connectivity index (χ3v) is 4.81. The minimum Gasteiger partial charge on any atom is -0.475 e. The summed E-state index contributed by atoms with van der Waals surface area (Å²) < 4.78 is 31.5. The zero-order chi connectivity index (χ0) is 14.8. The highest BCUT2D eigenvalue weighted by Gasteiger charge is 2.23. The van der Waals surface area contributed by atoms with Crippen LogP contribution < -0.4 is 4.72 Å². The van der Waals surface area contributed by atoms with E-state index in [1.165, 1.54) is 12.5 Å². The molecule has 2 rings (SSSR count). The zero-order valence-corrected chi connectivity index (χ0v) is 12.0. The second-order valence-electron chi connectivity index (χ2n) is 4.74. The van der Waals surface area contributed by atoms with E-state index in [2.05, 4.69) is 10.8 Å². The van der Waals surface area contributed by atoms with Gasteiger partial charge in [-0.05, 0) is 32.6 Å². The molecule has 0 spiro atoms. The molecule has 1 aliphatic rings. The third kappa shape index (κ3) is 3.29. The summed E-state index contributed by atoms with van der Waals surface area (Å²) in [5.74, 6) is -1.58. The number of nitrogens with one attached hydrogen (secondary N) is 1. The highest BCUT2D eigenvalue weighted by Crippen LogP contribution is 2.22. The number of carboxylic acids is 1. The fourth-order valence-electron chi connectivity index (χ4n) is 2.23. The molecular weight excluding hydrogens is 282 g/mol. The molecule has 6 nitrogen and oxygen atoms in total. The molecule has 1 aromatic rings. The Hall–Kier alpha value is -1.60. The number of carbonyl (C=O) groups is 1. The van der Waals surface area contributed by atoms with Gasteiger partial charge >= 0.3 is 5.97 Å². The first-order valence-corrected chi connectivity index (χ1v) is 7.90. The molecule has 7 heteroatoms. The molecule has 2 N–H and O–H groups in total. The molecule has 110 valence electrons.